The second kappa shape index (κ2) is 8.92. The smallest absolute Gasteiger partial charge is 0.261 e. The number of fused-ring (bicyclic) bond motifs is 1. The molecule has 30 heavy (non-hydrogen) atoms. The van der Waals surface area contributed by atoms with E-state index >= 15 is 0 Å². The van der Waals surface area contributed by atoms with Crippen LogP contribution in [0.15, 0.2) is 77.2 Å². The Balaban J connectivity index is 1.62. The summed E-state index contributed by atoms with van der Waals surface area (Å²) >= 11 is 1.59. The molecule has 0 fully saturated rings. The Morgan fingerprint density at radius 2 is 1.87 bits per heavy atom. The number of nitrogens with zero attached hydrogens (tertiary/aromatic N) is 3. The summed E-state index contributed by atoms with van der Waals surface area (Å²) in [7, 11) is 1.62. The molecule has 2 heterocycles. The van der Waals surface area contributed by atoms with Crippen LogP contribution in [0, 0.1) is 0 Å². The number of hydrogen-bond donors (Lipinski definition) is 0. The Morgan fingerprint density at radius 1 is 1.07 bits per heavy atom. The van der Waals surface area contributed by atoms with Crippen LogP contribution in [-0.2, 0) is 24.4 Å². The van der Waals surface area contributed by atoms with Crippen LogP contribution in [0.2, 0.25) is 0 Å². The van der Waals surface area contributed by atoms with Gasteiger partial charge in [0.05, 0.1) is 30.9 Å². The zero-order valence-electron chi connectivity index (χ0n) is 16.5. The second-order valence-corrected chi connectivity index (χ2v) is 7.87. The molecule has 0 unspecified atom stereocenters. The molecule has 0 spiro atoms. The van der Waals surface area contributed by atoms with E-state index in [0.29, 0.717) is 24.0 Å². The largest absolute Gasteiger partial charge is 0.496 e. The number of aromatic nitrogens is 2. The van der Waals surface area contributed by atoms with Gasteiger partial charge in [0, 0.05) is 17.0 Å². The van der Waals surface area contributed by atoms with Gasteiger partial charge in [-0.3, -0.25) is 14.2 Å². The predicted molar refractivity (Wildman–Crippen MR) is 118 cm³/mol. The van der Waals surface area contributed by atoms with Gasteiger partial charge in [-0.25, -0.2) is 4.98 Å². The number of rotatable bonds is 7. The van der Waals surface area contributed by atoms with Crippen molar-refractivity contribution in [2.75, 3.05) is 7.11 Å². The number of hydrogen-bond acceptors (Lipinski definition) is 5. The van der Waals surface area contributed by atoms with Crippen molar-refractivity contribution in [3.63, 3.8) is 0 Å². The number of methoxy groups -OCH3 is 1. The van der Waals surface area contributed by atoms with Crippen LogP contribution in [0.5, 0.6) is 5.75 Å². The summed E-state index contributed by atoms with van der Waals surface area (Å²) in [5.41, 5.74) is 1.31. The lowest BCUT2D eigenvalue weighted by atomic mass is 10.2. The Labute approximate surface area is 178 Å². The van der Waals surface area contributed by atoms with Gasteiger partial charge in [0.25, 0.3) is 5.56 Å². The van der Waals surface area contributed by atoms with Gasteiger partial charge in [-0.2, -0.15) is 0 Å². The fourth-order valence-corrected chi connectivity index (χ4v) is 4.05. The molecular formula is C23H21N3O3S. The lowest BCUT2D eigenvalue weighted by Gasteiger charge is -2.23. The standard InChI is InChI=1S/C23H21N3O3S/c1-29-21-11-5-2-7-17(21)13-25(14-18-8-6-12-30-18)22(27)15-26-16-24-20-10-4-3-9-19(20)23(26)28/h2-12,16H,13-15H2,1H3. The fraction of sp³-hybridized carbons (Fsp3) is 0.174. The normalized spacial score (nSPS) is 10.8. The van der Waals surface area contributed by atoms with Crippen molar-refractivity contribution < 1.29 is 9.53 Å². The molecule has 7 heteroatoms. The molecule has 0 aliphatic rings. The first-order valence-corrected chi connectivity index (χ1v) is 10.4. The maximum Gasteiger partial charge on any atom is 0.261 e. The Bertz CT molecular complexity index is 1220. The summed E-state index contributed by atoms with van der Waals surface area (Å²) in [6.07, 6.45) is 1.44. The van der Waals surface area contributed by atoms with Gasteiger partial charge in [-0.15, -0.1) is 11.3 Å². The van der Waals surface area contributed by atoms with Crippen molar-refractivity contribution in [1.29, 1.82) is 0 Å². The van der Waals surface area contributed by atoms with E-state index in [-0.39, 0.29) is 18.0 Å². The molecule has 0 aliphatic heterocycles. The molecule has 0 saturated carbocycles. The highest BCUT2D eigenvalue weighted by atomic mass is 32.1. The maximum atomic E-state index is 13.2. The summed E-state index contributed by atoms with van der Waals surface area (Å²) in [5, 5.41) is 2.49. The molecule has 0 aliphatic carbocycles. The molecule has 1 amide bonds. The van der Waals surface area contributed by atoms with Crippen LogP contribution in [0.25, 0.3) is 10.9 Å². The molecule has 0 radical (unpaired) electrons. The van der Waals surface area contributed by atoms with Crippen molar-refractivity contribution >= 4 is 28.1 Å². The lowest BCUT2D eigenvalue weighted by molar-refractivity contribution is -0.133. The Kier molecular flexibility index (Phi) is 5.90. The Hall–Kier alpha value is -3.45. The molecule has 6 nitrogen and oxygen atoms in total. The van der Waals surface area contributed by atoms with Crippen molar-refractivity contribution in [3.8, 4) is 5.75 Å². The zero-order valence-corrected chi connectivity index (χ0v) is 17.3. The van der Waals surface area contributed by atoms with Crippen LogP contribution in [0.4, 0.5) is 0 Å². The Morgan fingerprint density at radius 3 is 2.67 bits per heavy atom. The number of amides is 1. The molecule has 0 bridgehead atoms. The molecule has 2 aromatic heterocycles. The summed E-state index contributed by atoms with van der Waals surface area (Å²) in [4.78, 5) is 33.2. The number of ether oxygens (including phenoxy) is 1. The SMILES string of the molecule is COc1ccccc1CN(Cc1cccs1)C(=O)Cn1cnc2ccccc2c1=O. The van der Waals surface area contributed by atoms with Gasteiger partial charge in [0.1, 0.15) is 12.3 Å². The van der Waals surface area contributed by atoms with Gasteiger partial charge >= 0.3 is 0 Å². The highest BCUT2D eigenvalue weighted by molar-refractivity contribution is 7.09. The number of benzene rings is 2. The van der Waals surface area contributed by atoms with E-state index in [1.165, 1.54) is 10.9 Å². The molecular weight excluding hydrogens is 398 g/mol. The van der Waals surface area contributed by atoms with Crippen molar-refractivity contribution in [3.05, 3.63) is 93.2 Å². The maximum absolute atomic E-state index is 13.2. The summed E-state index contributed by atoms with van der Waals surface area (Å²) < 4.78 is 6.82. The number of para-hydroxylation sites is 2. The minimum atomic E-state index is -0.220. The lowest BCUT2D eigenvalue weighted by Crippen LogP contribution is -2.35. The summed E-state index contributed by atoms with van der Waals surface area (Å²) in [5.74, 6) is 0.569. The number of carbonyl (C=O) groups excluding carboxylic acids is 1. The summed E-state index contributed by atoms with van der Waals surface area (Å²) in [6, 6.07) is 18.7. The topological polar surface area (TPSA) is 64.4 Å². The van der Waals surface area contributed by atoms with E-state index < -0.39 is 0 Å². The molecule has 0 saturated heterocycles. The first-order chi connectivity index (χ1) is 14.7. The van der Waals surface area contributed by atoms with E-state index in [0.717, 1.165) is 16.2 Å². The second-order valence-electron chi connectivity index (χ2n) is 6.84. The van der Waals surface area contributed by atoms with E-state index in [1.54, 1.807) is 41.5 Å². The highest BCUT2D eigenvalue weighted by Gasteiger charge is 2.18. The van der Waals surface area contributed by atoms with E-state index in [1.807, 2.05) is 47.8 Å². The predicted octanol–water partition coefficient (Wildman–Crippen LogP) is 3.70. The highest BCUT2D eigenvalue weighted by Crippen LogP contribution is 2.21. The van der Waals surface area contributed by atoms with Gasteiger partial charge in [-0.05, 0) is 29.6 Å². The average molecular weight is 420 g/mol. The van der Waals surface area contributed by atoms with Gasteiger partial charge in [0.2, 0.25) is 5.91 Å². The summed E-state index contributed by atoms with van der Waals surface area (Å²) in [6.45, 7) is 0.776. The van der Waals surface area contributed by atoms with Crippen LogP contribution < -0.4 is 10.3 Å². The van der Waals surface area contributed by atoms with Crippen LogP contribution in [0.1, 0.15) is 10.4 Å². The quantitative estimate of drug-likeness (QED) is 0.458. The molecule has 152 valence electrons. The average Bonchev–Trinajstić information content (AvgIpc) is 3.29. The first-order valence-electron chi connectivity index (χ1n) is 9.52. The van der Waals surface area contributed by atoms with Crippen LogP contribution in [0.3, 0.4) is 0 Å². The minimum absolute atomic E-state index is 0.0722. The van der Waals surface area contributed by atoms with Crippen molar-refractivity contribution in [1.82, 2.24) is 14.5 Å². The minimum Gasteiger partial charge on any atom is -0.496 e. The van der Waals surface area contributed by atoms with E-state index in [4.69, 9.17) is 4.74 Å². The third-order valence-corrected chi connectivity index (χ3v) is 5.73. The van der Waals surface area contributed by atoms with E-state index in [2.05, 4.69) is 4.98 Å². The fourth-order valence-electron chi connectivity index (χ4n) is 3.33. The van der Waals surface area contributed by atoms with E-state index in [9.17, 15) is 9.59 Å². The monoisotopic (exact) mass is 419 g/mol. The number of carbonyl (C=O) groups is 1. The third-order valence-electron chi connectivity index (χ3n) is 4.87. The molecule has 4 rings (SSSR count). The molecule has 0 N–H and O–H groups in total. The first kappa shape index (κ1) is 19.8. The molecule has 0 atom stereocenters. The van der Waals surface area contributed by atoms with Crippen molar-refractivity contribution in [2.45, 2.75) is 19.6 Å². The zero-order chi connectivity index (χ0) is 20.9. The van der Waals surface area contributed by atoms with Gasteiger partial charge in [0.15, 0.2) is 0 Å². The number of thiophene rings is 1. The molecule has 4 aromatic rings. The van der Waals surface area contributed by atoms with Gasteiger partial charge in [-0.1, -0.05) is 36.4 Å². The van der Waals surface area contributed by atoms with Crippen molar-refractivity contribution in [2.24, 2.45) is 0 Å². The van der Waals surface area contributed by atoms with Crippen LogP contribution >= 0.6 is 11.3 Å². The third kappa shape index (κ3) is 4.26. The van der Waals surface area contributed by atoms with Crippen LogP contribution in [-0.4, -0.2) is 27.5 Å². The van der Waals surface area contributed by atoms with Gasteiger partial charge < -0.3 is 9.64 Å². The molecule has 2 aromatic carbocycles.